The van der Waals surface area contributed by atoms with E-state index < -0.39 is 10.9 Å². The molecule has 0 unspecified atom stereocenters. The van der Waals surface area contributed by atoms with Crippen LogP contribution in [-0.2, 0) is 16.1 Å². The van der Waals surface area contributed by atoms with Crippen LogP contribution >= 0.6 is 12.6 Å². The molecule has 0 atom stereocenters. The fourth-order valence-electron chi connectivity index (χ4n) is 1.81. The molecule has 0 heterocycles. The largest absolute Gasteiger partial charge is 0.493 e. The average molecular weight is 329 g/mol. The summed E-state index contributed by atoms with van der Waals surface area (Å²) in [6, 6.07) is 2.70. The van der Waals surface area contributed by atoms with Gasteiger partial charge in [-0.3, -0.25) is 14.9 Å². The quantitative estimate of drug-likeness (QED) is 0.246. The molecule has 0 aromatic heterocycles. The number of nitro benzene ring substituents is 1. The monoisotopic (exact) mass is 329 g/mol. The highest BCUT2D eigenvalue weighted by Crippen LogP contribution is 2.34. The Balaban J connectivity index is 2.84. The summed E-state index contributed by atoms with van der Waals surface area (Å²) in [5.74, 6) is 0.896. The maximum Gasteiger partial charge on any atom is 0.306 e. The first-order chi connectivity index (χ1) is 10.5. The Labute approximate surface area is 134 Å². The SMILES string of the molecule is COc1cc(COC(=O)CCCCS)c([N+](=O)[O-])cc1OC. The maximum absolute atomic E-state index is 11.6. The van der Waals surface area contributed by atoms with Crippen LogP contribution in [0.15, 0.2) is 12.1 Å². The lowest BCUT2D eigenvalue weighted by Gasteiger charge is -2.11. The van der Waals surface area contributed by atoms with Crippen molar-refractivity contribution in [2.24, 2.45) is 0 Å². The molecular weight excluding hydrogens is 310 g/mol. The van der Waals surface area contributed by atoms with Gasteiger partial charge in [0.1, 0.15) is 6.61 Å². The summed E-state index contributed by atoms with van der Waals surface area (Å²) in [6.07, 6.45) is 1.76. The van der Waals surface area contributed by atoms with Crippen molar-refractivity contribution < 1.29 is 23.9 Å². The minimum Gasteiger partial charge on any atom is -0.493 e. The summed E-state index contributed by atoms with van der Waals surface area (Å²) in [4.78, 5) is 22.1. The fourth-order valence-corrected chi connectivity index (χ4v) is 2.03. The fraction of sp³-hybridized carbons (Fsp3) is 0.500. The van der Waals surface area contributed by atoms with Crippen molar-refractivity contribution in [3.63, 3.8) is 0 Å². The van der Waals surface area contributed by atoms with E-state index in [0.29, 0.717) is 17.9 Å². The zero-order valence-corrected chi connectivity index (χ0v) is 13.4. The number of unbranched alkanes of at least 4 members (excludes halogenated alkanes) is 1. The molecule has 0 bridgehead atoms. The van der Waals surface area contributed by atoms with Gasteiger partial charge in [0, 0.05) is 6.42 Å². The average Bonchev–Trinajstić information content (AvgIpc) is 2.52. The van der Waals surface area contributed by atoms with Crippen LogP contribution in [0.5, 0.6) is 11.5 Å². The van der Waals surface area contributed by atoms with Gasteiger partial charge in [0.05, 0.1) is 30.8 Å². The van der Waals surface area contributed by atoms with Gasteiger partial charge >= 0.3 is 5.97 Å². The molecular formula is C14H19NO6S. The zero-order valence-electron chi connectivity index (χ0n) is 12.5. The summed E-state index contributed by atoms with van der Waals surface area (Å²) < 4.78 is 15.2. The third-order valence-electron chi connectivity index (χ3n) is 2.96. The molecule has 0 aliphatic heterocycles. The van der Waals surface area contributed by atoms with Gasteiger partial charge in [0.2, 0.25) is 0 Å². The zero-order chi connectivity index (χ0) is 16.5. The molecule has 1 aromatic carbocycles. The first kappa shape index (κ1) is 18.1. The number of carbonyl (C=O) groups is 1. The van der Waals surface area contributed by atoms with Gasteiger partial charge in [-0.2, -0.15) is 12.6 Å². The van der Waals surface area contributed by atoms with Crippen LogP contribution in [0, 0.1) is 10.1 Å². The molecule has 0 aliphatic rings. The Morgan fingerprint density at radius 1 is 1.23 bits per heavy atom. The molecule has 0 radical (unpaired) electrons. The number of esters is 1. The van der Waals surface area contributed by atoms with Crippen LogP contribution in [0.4, 0.5) is 5.69 Å². The number of benzene rings is 1. The molecule has 1 rings (SSSR count). The molecule has 0 spiro atoms. The van der Waals surface area contributed by atoms with E-state index in [4.69, 9.17) is 14.2 Å². The second kappa shape index (κ2) is 9.14. The summed E-state index contributed by atoms with van der Waals surface area (Å²) in [5, 5.41) is 11.1. The van der Waals surface area contributed by atoms with Crippen LogP contribution in [0.2, 0.25) is 0 Å². The maximum atomic E-state index is 11.6. The van der Waals surface area contributed by atoms with E-state index in [9.17, 15) is 14.9 Å². The lowest BCUT2D eigenvalue weighted by atomic mass is 10.1. The third-order valence-corrected chi connectivity index (χ3v) is 3.28. The molecule has 0 saturated carbocycles. The van der Waals surface area contributed by atoms with E-state index in [1.54, 1.807) is 0 Å². The molecule has 1 aromatic rings. The van der Waals surface area contributed by atoms with Crippen molar-refractivity contribution in [3.8, 4) is 11.5 Å². The van der Waals surface area contributed by atoms with Crippen LogP contribution in [0.25, 0.3) is 0 Å². The number of ether oxygens (including phenoxy) is 3. The van der Waals surface area contributed by atoms with E-state index in [0.717, 1.165) is 6.42 Å². The molecule has 0 N–H and O–H groups in total. The van der Waals surface area contributed by atoms with E-state index in [2.05, 4.69) is 12.6 Å². The summed E-state index contributed by atoms with van der Waals surface area (Å²) in [5.41, 5.74) is 0.0750. The number of hydrogen-bond donors (Lipinski definition) is 1. The number of hydrogen-bond acceptors (Lipinski definition) is 7. The van der Waals surface area contributed by atoms with Crippen molar-refractivity contribution in [3.05, 3.63) is 27.8 Å². The van der Waals surface area contributed by atoms with E-state index in [1.165, 1.54) is 26.4 Å². The number of nitro groups is 1. The molecule has 0 saturated heterocycles. The standard InChI is InChI=1S/C14H19NO6S/c1-19-12-7-10(9-21-14(16)5-3-4-6-22)11(15(17)18)8-13(12)20-2/h7-8,22H,3-6,9H2,1-2H3. The van der Waals surface area contributed by atoms with Crippen molar-refractivity contribution in [2.75, 3.05) is 20.0 Å². The summed E-state index contributed by atoms with van der Waals surface area (Å²) in [7, 11) is 2.82. The lowest BCUT2D eigenvalue weighted by molar-refractivity contribution is -0.385. The molecule has 122 valence electrons. The smallest absolute Gasteiger partial charge is 0.306 e. The van der Waals surface area contributed by atoms with E-state index >= 15 is 0 Å². The van der Waals surface area contributed by atoms with Crippen LogP contribution in [-0.4, -0.2) is 30.9 Å². The van der Waals surface area contributed by atoms with Crippen LogP contribution < -0.4 is 9.47 Å². The van der Waals surface area contributed by atoms with Gasteiger partial charge in [0.25, 0.3) is 5.69 Å². The second-order valence-electron chi connectivity index (χ2n) is 4.43. The molecule has 0 aliphatic carbocycles. The van der Waals surface area contributed by atoms with Gasteiger partial charge in [-0.1, -0.05) is 0 Å². The van der Waals surface area contributed by atoms with Gasteiger partial charge < -0.3 is 14.2 Å². The van der Waals surface area contributed by atoms with Crippen LogP contribution in [0.1, 0.15) is 24.8 Å². The third kappa shape index (κ3) is 5.10. The van der Waals surface area contributed by atoms with Gasteiger partial charge in [0.15, 0.2) is 11.5 Å². The van der Waals surface area contributed by atoms with Crippen molar-refractivity contribution in [1.82, 2.24) is 0 Å². The van der Waals surface area contributed by atoms with Crippen molar-refractivity contribution in [1.29, 1.82) is 0 Å². The number of methoxy groups -OCH3 is 2. The highest BCUT2D eigenvalue weighted by molar-refractivity contribution is 7.80. The second-order valence-corrected chi connectivity index (χ2v) is 4.88. The molecule has 7 nitrogen and oxygen atoms in total. The van der Waals surface area contributed by atoms with Gasteiger partial charge in [-0.15, -0.1) is 0 Å². The number of carbonyl (C=O) groups excluding carboxylic acids is 1. The normalized spacial score (nSPS) is 10.1. The predicted molar refractivity (Wildman–Crippen MR) is 83.7 cm³/mol. The highest BCUT2D eigenvalue weighted by atomic mass is 32.1. The Hall–Kier alpha value is -1.96. The molecule has 0 amide bonds. The number of nitrogens with zero attached hydrogens (tertiary/aromatic N) is 1. The van der Waals surface area contributed by atoms with E-state index in [-0.39, 0.29) is 30.0 Å². The van der Waals surface area contributed by atoms with Crippen molar-refractivity contribution in [2.45, 2.75) is 25.9 Å². The number of rotatable bonds is 9. The Morgan fingerprint density at radius 3 is 2.41 bits per heavy atom. The Morgan fingerprint density at radius 2 is 1.86 bits per heavy atom. The first-order valence-electron chi connectivity index (χ1n) is 6.69. The highest BCUT2D eigenvalue weighted by Gasteiger charge is 2.20. The lowest BCUT2D eigenvalue weighted by Crippen LogP contribution is -2.07. The summed E-state index contributed by atoms with van der Waals surface area (Å²) >= 11 is 4.06. The molecule has 0 fully saturated rings. The minimum absolute atomic E-state index is 0.180. The Kier molecular flexibility index (Phi) is 7.51. The first-order valence-corrected chi connectivity index (χ1v) is 7.32. The molecule has 22 heavy (non-hydrogen) atoms. The molecule has 8 heteroatoms. The predicted octanol–water partition coefficient (Wildman–Crippen LogP) is 2.76. The van der Waals surface area contributed by atoms with Gasteiger partial charge in [-0.05, 0) is 24.7 Å². The topological polar surface area (TPSA) is 87.9 Å². The number of thiol groups is 1. The van der Waals surface area contributed by atoms with E-state index in [1.807, 2.05) is 0 Å². The minimum atomic E-state index is -0.550. The van der Waals surface area contributed by atoms with Gasteiger partial charge in [-0.25, -0.2) is 0 Å². The van der Waals surface area contributed by atoms with Crippen molar-refractivity contribution >= 4 is 24.3 Å². The summed E-state index contributed by atoms with van der Waals surface area (Å²) in [6.45, 7) is -0.184. The Bertz CT molecular complexity index is 534. The van der Waals surface area contributed by atoms with Crippen LogP contribution in [0.3, 0.4) is 0 Å².